The smallest absolute Gasteiger partial charge is 0.227 e. The average Bonchev–Trinajstić information content (AvgIpc) is 2.62. The second kappa shape index (κ2) is 6.89. The monoisotopic (exact) mass is 413 g/mol. The maximum absolute atomic E-state index is 14.0. The second-order valence-corrected chi connectivity index (χ2v) is 7.66. The van der Waals surface area contributed by atoms with Crippen molar-refractivity contribution in [2.45, 2.75) is 31.3 Å². The standard InChI is InChI=1S/C18H15Cl2F2N3O2/c19-10-4-12(21)13(5-11(10)20)25-18(27)7-1-8-3-9-16(14(2-7)24-8)15(26)6-23-17(9)22/h4-8,14,24,26H,1-3H2,(H,25,27). The van der Waals surface area contributed by atoms with Crippen molar-refractivity contribution in [3.8, 4) is 5.75 Å². The Kier molecular flexibility index (Phi) is 4.70. The van der Waals surface area contributed by atoms with Gasteiger partial charge in [0.05, 0.1) is 21.9 Å². The summed E-state index contributed by atoms with van der Waals surface area (Å²) in [5.74, 6) is -2.16. The van der Waals surface area contributed by atoms with Gasteiger partial charge >= 0.3 is 0 Å². The Morgan fingerprint density at radius 1 is 1.26 bits per heavy atom. The molecule has 4 rings (SSSR count). The van der Waals surface area contributed by atoms with E-state index in [2.05, 4.69) is 15.6 Å². The number of hydrogen-bond acceptors (Lipinski definition) is 4. The van der Waals surface area contributed by atoms with Gasteiger partial charge in [-0.05, 0) is 31.4 Å². The van der Waals surface area contributed by atoms with Crippen molar-refractivity contribution < 1.29 is 18.7 Å². The molecular weight excluding hydrogens is 399 g/mol. The van der Waals surface area contributed by atoms with Crippen LogP contribution >= 0.6 is 23.2 Å². The third kappa shape index (κ3) is 3.35. The molecule has 0 aliphatic carbocycles. The van der Waals surface area contributed by atoms with E-state index < -0.39 is 17.7 Å². The Morgan fingerprint density at radius 3 is 2.78 bits per heavy atom. The zero-order valence-electron chi connectivity index (χ0n) is 13.9. The first-order valence-electron chi connectivity index (χ1n) is 8.41. The molecule has 9 heteroatoms. The molecule has 0 saturated carbocycles. The number of pyridine rings is 1. The van der Waals surface area contributed by atoms with Crippen molar-refractivity contribution in [2.75, 3.05) is 5.32 Å². The predicted molar refractivity (Wildman–Crippen MR) is 97.0 cm³/mol. The van der Waals surface area contributed by atoms with Gasteiger partial charge in [-0.1, -0.05) is 23.2 Å². The van der Waals surface area contributed by atoms with Gasteiger partial charge in [-0.25, -0.2) is 9.37 Å². The molecule has 27 heavy (non-hydrogen) atoms. The molecule has 2 bridgehead atoms. The lowest BCUT2D eigenvalue weighted by atomic mass is 9.77. The highest BCUT2D eigenvalue weighted by Gasteiger charge is 2.40. The summed E-state index contributed by atoms with van der Waals surface area (Å²) in [6.45, 7) is 0. The molecule has 142 valence electrons. The van der Waals surface area contributed by atoms with Crippen LogP contribution < -0.4 is 10.6 Å². The minimum atomic E-state index is -0.678. The van der Waals surface area contributed by atoms with Crippen molar-refractivity contribution in [1.29, 1.82) is 0 Å². The number of anilines is 1. The lowest BCUT2D eigenvalue weighted by molar-refractivity contribution is -0.121. The summed E-state index contributed by atoms with van der Waals surface area (Å²) in [4.78, 5) is 16.2. The largest absolute Gasteiger partial charge is 0.506 e. The van der Waals surface area contributed by atoms with Gasteiger partial charge in [0, 0.05) is 29.1 Å². The minimum Gasteiger partial charge on any atom is -0.506 e. The molecule has 1 aromatic heterocycles. The number of aromatic nitrogens is 1. The van der Waals surface area contributed by atoms with E-state index in [0.717, 1.165) is 12.3 Å². The first-order valence-corrected chi connectivity index (χ1v) is 9.16. The van der Waals surface area contributed by atoms with Crippen LogP contribution in [0.1, 0.15) is 30.0 Å². The van der Waals surface area contributed by atoms with Gasteiger partial charge < -0.3 is 15.7 Å². The molecule has 2 aliphatic rings. The van der Waals surface area contributed by atoms with Gasteiger partial charge in [0.1, 0.15) is 11.6 Å². The van der Waals surface area contributed by atoms with E-state index in [1.807, 2.05) is 0 Å². The number of amides is 1. The lowest BCUT2D eigenvalue weighted by Crippen LogP contribution is -2.48. The summed E-state index contributed by atoms with van der Waals surface area (Å²) in [6.07, 6.45) is 2.20. The maximum Gasteiger partial charge on any atom is 0.227 e. The van der Waals surface area contributed by atoms with Crippen molar-refractivity contribution in [2.24, 2.45) is 5.92 Å². The number of piperidine rings is 1. The van der Waals surface area contributed by atoms with Gasteiger partial charge in [-0.2, -0.15) is 4.39 Å². The topological polar surface area (TPSA) is 74.2 Å². The number of nitrogens with one attached hydrogen (secondary N) is 2. The zero-order valence-corrected chi connectivity index (χ0v) is 15.4. The number of hydrogen-bond donors (Lipinski definition) is 3. The molecule has 3 atom stereocenters. The summed E-state index contributed by atoms with van der Waals surface area (Å²) in [5.41, 5.74) is 0.784. The van der Waals surface area contributed by atoms with Gasteiger partial charge in [0.25, 0.3) is 0 Å². The van der Waals surface area contributed by atoms with Gasteiger partial charge in [0.15, 0.2) is 0 Å². The molecule has 3 unspecified atom stereocenters. The highest BCUT2D eigenvalue weighted by atomic mass is 35.5. The van der Waals surface area contributed by atoms with Gasteiger partial charge in [0.2, 0.25) is 11.9 Å². The quantitative estimate of drug-likeness (QED) is 0.514. The summed E-state index contributed by atoms with van der Waals surface area (Å²) in [6, 6.07) is 1.80. The Bertz CT molecular complexity index is 941. The average molecular weight is 414 g/mol. The van der Waals surface area contributed by atoms with Crippen LogP contribution in [0.3, 0.4) is 0 Å². The molecule has 1 aromatic carbocycles. The van der Waals surface area contributed by atoms with Crippen molar-refractivity contribution >= 4 is 34.8 Å². The summed E-state index contributed by atoms with van der Waals surface area (Å²) in [7, 11) is 0. The highest BCUT2D eigenvalue weighted by molar-refractivity contribution is 6.42. The van der Waals surface area contributed by atoms with E-state index in [-0.39, 0.29) is 39.5 Å². The fraction of sp³-hybridized carbons (Fsp3) is 0.333. The number of carbonyl (C=O) groups is 1. The predicted octanol–water partition coefficient (Wildman–Crippen LogP) is 3.98. The summed E-state index contributed by atoms with van der Waals surface area (Å²) >= 11 is 11.7. The molecule has 5 nitrogen and oxygen atoms in total. The highest BCUT2D eigenvalue weighted by Crippen LogP contribution is 2.42. The molecule has 3 N–H and O–H groups in total. The number of fused-ring (bicyclic) bond motifs is 4. The van der Waals surface area contributed by atoms with Crippen LogP contribution in [-0.4, -0.2) is 22.0 Å². The first-order chi connectivity index (χ1) is 12.8. The Hall–Kier alpha value is -1.96. The number of rotatable bonds is 2. The van der Waals surface area contributed by atoms with Crippen LogP contribution in [0.4, 0.5) is 14.5 Å². The fourth-order valence-electron chi connectivity index (χ4n) is 3.92. The molecular formula is C18H15Cl2F2N3O2. The van der Waals surface area contributed by atoms with E-state index in [4.69, 9.17) is 23.2 Å². The van der Waals surface area contributed by atoms with Gasteiger partial charge in [-0.3, -0.25) is 4.79 Å². The van der Waals surface area contributed by atoms with Crippen LogP contribution in [0.25, 0.3) is 0 Å². The van der Waals surface area contributed by atoms with Crippen LogP contribution in [0.5, 0.6) is 5.75 Å². The van der Waals surface area contributed by atoms with Crippen LogP contribution in [-0.2, 0) is 11.2 Å². The molecule has 2 aliphatic heterocycles. The van der Waals surface area contributed by atoms with E-state index >= 15 is 0 Å². The number of aromatic hydroxyl groups is 1. The van der Waals surface area contributed by atoms with Crippen LogP contribution in [0, 0.1) is 17.7 Å². The van der Waals surface area contributed by atoms with Crippen LogP contribution in [0.15, 0.2) is 18.3 Å². The van der Waals surface area contributed by atoms with E-state index in [9.17, 15) is 18.7 Å². The molecule has 0 radical (unpaired) electrons. The van der Waals surface area contributed by atoms with Crippen molar-refractivity contribution in [1.82, 2.24) is 10.3 Å². The summed E-state index contributed by atoms with van der Waals surface area (Å²) < 4.78 is 28.1. The third-order valence-corrected chi connectivity index (χ3v) is 5.84. The minimum absolute atomic E-state index is 0.0448. The molecule has 1 fully saturated rings. The third-order valence-electron chi connectivity index (χ3n) is 5.11. The van der Waals surface area contributed by atoms with Crippen LogP contribution in [0.2, 0.25) is 10.0 Å². The molecule has 0 spiro atoms. The Morgan fingerprint density at radius 2 is 2.00 bits per heavy atom. The van der Waals surface area contributed by atoms with Gasteiger partial charge in [-0.15, -0.1) is 0 Å². The second-order valence-electron chi connectivity index (χ2n) is 6.85. The Labute approximate surface area is 163 Å². The van der Waals surface area contributed by atoms with E-state index in [0.29, 0.717) is 30.4 Å². The number of benzene rings is 1. The maximum atomic E-state index is 14.0. The fourth-order valence-corrected chi connectivity index (χ4v) is 4.23. The molecule has 2 aromatic rings. The molecule has 1 amide bonds. The normalized spacial score (nSPS) is 23.6. The SMILES string of the molecule is O=C(Nc1cc(Cl)c(Cl)cc1F)C1CC2Cc3c(F)ncc(O)c3C(C1)N2. The zero-order chi connectivity index (χ0) is 19.3. The van der Waals surface area contributed by atoms with E-state index in [1.165, 1.54) is 6.07 Å². The molecule has 1 saturated heterocycles. The molecule has 3 heterocycles. The van der Waals surface area contributed by atoms with E-state index in [1.54, 1.807) is 0 Å². The lowest BCUT2D eigenvalue weighted by Gasteiger charge is -2.41. The number of halogens is 4. The summed E-state index contributed by atoms with van der Waals surface area (Å²) in [5, 5.41) is 16.2. The van der Waals surface area contributed by atoms with Crippen molar-refractivity contribution in [3.63, 3.8) is 0 Å². The number of nitrogens with zero attached hydrogens (tertiary/aromatic N) is 1. The Balaban J connectivity index is 1.56. The van der Waals surface area contributed by atoms with Crippen molar-refractivity contribution in [3.05, 3.63) is 51.3 Å². The number of carbonyl (C=O) groups excluding carboxylic acids is 1. The first kappa shape index (κ1) is 18.4.